The topological polar surface area (TPSA) is 9.72 Å². The van der Waals surface area contributed by atoms with Gasteiger partial charge in [0.15, 0.2) is 0 Å². The van der Waals surface area contributed by atoms with E-state index < -0.39 is 0 Å². The largest absolute Gasteiger partial charge is 0.377 e. The third-order valence-corrected chi connectivity index (χ3v) is 4.84. The molecule has 0 saturated carbocycles. The van der Waals surface area contributed by atoms with Crippen LogP contribution in [0.25, 0.3) is 0 Å². The molecule has 2 aliphatic heterocycles. The molecule has 1 unspecified atom stereocenters. The first kappa shape index (κ1) is 13.7. The van der Waals surface area contributed by atoms with Crippen molar-refractivity contribution in [3.63, 3.8) is 0 Å². The third-order valence-electron chi connectivity index (χ3n) is 4.84. The predicted octanol–water partition coefficient (Wildman–Crippen LogP) is 2.74. The number of anilines is 2. The first-order valence-corrected chi connectivity index (χ1v) is 7.92. The van der Waals surface area contributed by atoms with Crippen molar-refractivity contribution < 1.29 is 0 Å². The van der Waals surface area contributed by atoms with Crippen LogP contribution in [-0.4, -0.2) is 51.2 Å². The van der Waals surface area contributed by atoms with Gasteiger partial charge in [0.2, 0.25) is 0 Å². The van der Waals surface area contributed by atoms with Crippen LogP contribution in [0.5, 0.6) is 0 Å². The van der Waals surface area contributed by atoms with Crippen LogP contribution in [0.4, 0.5) is 11.4 Å². The second-order valence-electron chi connectivity index (χ2n) is 6.50. The number of benzene rings is 1. The molecule has 3 rings (SSSR count). The van der Waals surface area contributed by atoms with Crippen molar-refractivity contribution in [2.24, 2.45) is 0 Å². The molecule has 1 aromatic carbocycles. The Morgan fingerprint density at radius 2 is 1.90 bits per heavy atom. The van der Waals surface area contributed by atoms with Crippen LogP contribution in [0.2, 0.25) is 0 Å². The van der Waals surface area contributed by atoms with Crippen LogP contribution in [0.3, 0.4) is 0 Å². The fraction of sp³-hybridized carbons (Fsp3) is 0.647. The van der Waals surface area contributed by atoms with Gasteiger partial charge in [-0.25, -0.2) is 0 Å². The fourth-order valence-electron chi connectivity index (χ4n) is 3.72. The number of rotatable bonds is 2. The van der Waals surface area contributed by atoms with Gasteiger partial charge in [0, 0.05) is 51.1 Å². The number of hydrogen-bond acceptors (Lipinski definition) is 3. The first-order chi connectivity index (χ1) is 9.65. The SMILES string of the molecule is Cc1ccc(N2CCCN3CCCC3C2)cc1N(C)C. The van der Waals surface area contributed by atoms with E-state index in [1.165, 1.54) is 62.4 Å². The molecule has 20 heavy (non-hydrogen) atoms. The number of nitrogens with zero attached hydrogens (tertiary/aromatic N) is 3. The van der Waals surface area contributed by atoms with Crippen molar-refractivity contribution in [3.8, 4) is 0 Å². The van der Waals surface area contributed by atoms with Crippen molar-refractivity contribution in [1.82, 2.24) is 4.90 Å². The van der Waals surface area contributed by atoms with Gasteiger partial charge in [0.25, 0.3) is 0 Å². The van der Waals surface area contributed by atoms with E-state index in [-0.39, 0.29) is 0 Å². The average Bonchev–Trinajstić information content (AvgIpc) is 2.76. The summed E-state index contributed by atoms with van der Waals surface area (Å²) in [7, 11) is 4.26. The molecule has 0 aromatic heterocycles. The molecular weight excluding hydrogens is 246 g/mol. The zero-order valence-corrected chi connectivity index (χ0v) is 13.1. The average molecular weight is 273 g/mol. The summed E-state index contributed by atoms with van der Waals surface area (Å²) < 4.78 is 0. The zero-order chi connectivity index (χ0) is 14.1. The molecule has 3 heteroatoms. The Balaban J connectivity index is 1.82. The summed E-state index contributed by atoms with van der Waals surface area (Å²) in [4.78, 5) is 7.52. The van der Waals surface area contributed by atoms with E-state index in [9.17, 15) is 0 Å². The molecule has 2 aliphatic rings. The molecule has 0 radical (unpaired) electrons. The summed E-state index contributed by atoms with van der Waals surface area (Å²) in [6, 6.07) is 7.70. The van der Waals surface area contributed by atoms with Crippen LogP contribution in [0, 0.1) is 6.92 Å². The Labute approximate surface area is 123 Å². The summed E-state index contributed by atoms with van der Waals surface area (Å²) in [6.45, 7) is 7.20. The lowest BCUT2D eigenvalue weighted by molar-refractivity contribution is 0.273. The molecule has 2 heterocycles. The minimum Gasteiger partial charge on any atom is -0.377 e. The molecular formula is C17H27N3. The summed E-state index contributed by atoms with van der Waals surface area (Å²) in [5.74, 6) is 0. The summed E-state index contributed by atoms with van der Waals surface area (Å²) in [5.41, 5.74) is 4.10. The lowest BCUT2D eigenvalue weighted by Gasteiger charge is -2.28. The first-order valence-electron chi connectivity index (χ1n) is 7.92. The summed E-state index contributed by atoms with van der Waals surface area (Å²) in [5, 5.41) is 0. The van der Waals surface area contributed by atoms with Gasteiger partial charge in [-0.05, 0) is 50.4 Å². The molecule has 1 atom stereocenters. The van der Waals surface area contributed by atoms with Gasteiger partial charge in [-0.2, -0.15) is 0 Å². The predicted molar refractivity (Wildman–Crippen MR) is 86.9 cm³/mol. The normalized spacial score (nSPS) is 23.6. The molecule has 0 spiro atoms. The van der Waals surface area contributed by atoms with Gasteiger partial charge in [0.05, 0.1) is 0 Å². The third kappa shape index (κ3) is 2.64. The Morgan fingerprint density at radius 1 is 1.10 bits per heavy atom. The van der Waals surface area contributed by atoms with Gasteiger partial charge in [-0.15, -0.1) is 0 Å². The molecule has 0 bridgehead atoms. The Hall–Kier alpha value is -1.22. The number of aryl methyl sites for hydroxylation is 1. The van der Waals surface area contributed by atoms with E-state index in [2.05, 4.69) is 53.9 Å². The van der Waals surface area contributed by atoms with Crippen molar-refractivity contribution in [3.05, 3.63) is 23.8 Å². The van der Waals surface area contributed by atoms with E-state index in [1.807, 2.05) is 0 Å². The summed E-state index contributed by atoms with van der Waals surface area (Å²) >= 11 is 0. The Morgan fingerprint density at radius 3 is 2.70 bits per heavy atom. The van der Waals surface area contributed by atoms with Crippen molar-refractivity contribution in [2.75, 3.05) is 50.1 Å². The Bertz CT molecular complexity index is 469. The zero-order valence-electron chi connectivity index (χ0n) is 13.1. The van der Waals surface area contributed by atoms with E-state index in [0.717, 1.165) is 6.04 Å². The van der Waals surface area contributed by atoms with Crippen LogP contribution >= 0.6 is 0 Å². The molecule has 110 valence electrons. The number of hydrogen-bond donors (Lipinski definition) is 0. The lowest BCUT2D eigenvalue weighted by atomic mass is 10.1. The molecule has 1 aromatic rings. The van der Waals surface area contributed by atoms with Crippen LogP contribution in [-0.2, 0) is 0 Å². The molecule has 2 saturated heterocycles. The highest BCUT2D eigenvalue weighted by atomic mass is 15.3. The van der Waals surface area contributed by atoms with E-state index in [1.54, 1.807) is 0 Å². The highest BCUT2D eigenvalue weighted by Crippen LogP contribution is 2.29. The second-order valence-corrected chi connectivity index (χ2v) is 6.50. The molecule has 2 fully saturated rings. The Kier molecular flexibility index (Phi) is 3.88. The maximum absolute atomic E-state index is 2.70. The van der Waals surface area contributed by atoms with Crippen molar-refractivity contribution >= 4 is 11.4 Å². The smallest absolute Gasteiger partial charge is 0.0411 e. The minimum absolute atomic E-state index is 0.779. The highest BCUT2D eigenvalue weighted by Gasteiger charge is 2.28. The molecule has 0 N–H and O–H groups in total. The monoisotopic (exact) mass is 273 g/mol. The van der Waals surface area contributed by atoms with Gasteiger partial charge in [-0.3, -0.25) is 4.90 Å². The maximum Gasteiger partial charge on any atom is 0.0411 e. The van der Waals surface area contributed by atoms with E-state index in [4.69, 9.17) is 0 Å². The van der Waals surface area contributed by atoms with Crippen LogP contribution < -0.4 is 9.80 Å². The fourth-order valence-corrected chi connectivity index (χ4v) is 3.72. The number of fused-ring (bicyclic) bond motifs is 1. The quantitative estimate of drug-likeness (QED) is 0.820. The lowest BCUT2D eigenvalue weighted by Crippen LogP contribution is -2.36. The van der Waals surface area contributed by atoms with Gasteiger partial charge >= 0.3 is 0 Å². The van der Waals surface area contributed by atoms with Gasteiger partial charge in [-0.1, -0.05) is 6.07 Å². The molecule has 0 aliphatic carbocycles. The second kappa shape index (κ2) is 5.65. The van der Waals surface area contributed by atoms with E-state index >= 15 is 0 Å². The summed E-state index contributed by atoms with van der Waals surface area (Å²) in [6.07, 6.45) is 4.06. The van der Waals surface area contributed by atoms with Crippen molar-refractivity contribution in [1.29, 1.82) is 0 Å². The standard InChI is InChI=1S/C17H27N3/c1-14-7-8-15(12-17(14)18(2)3)20-11-5-10-19-9-4-6-16(19)13-20/h7-8,12,16H,4-6,9-11,13H2,1-3H3. The minimum atomic E-state index is 0.779. The van der Waals surface area contributed by atoms with Crippen LogP contribution in [0.1, 0.15) is 24.8 Å². The maximum atomic E-state index is 2.70. The van der Waals surface area contributed by atoms with E-state index in [0.29, 0.717) is 0 Å². The van der Waals surface area contributed by atoms with Gasteiger partial charge in [0.1, 0.15) is 0 Å². The highest BCUT2D eigenvalue weighted by molar-refractivity contribution is 5.63. The molecule has 0 amide bonds. The molecule has 3 nitrogen and oxygen atoms in total. The van der Waals surface area contributed by atoms with Gasteiger partial charge < -0.3 is 9.80 Å². The van der Waals surface area contributed by atoms with Crippen LogP contribution in [0.15, 0.2) is 18.2 Å². The van der Waals surface area contributed by atoms with Crippen molar-refractivity contribution in [2.45, 2.75) is 32.2 Å².